The zero-order chi connectivity index (χ0) is 20.2. The highest BCUT2D eigenvalue weighted by Crippen LogP contribution is 2.39. The van der Waals surface area contributed by atoms with Gasteiger partial charge >= 0.3 is 0 Å². The number of hydrogen-bond donors (Lipinski definition) is 1. The van der Waals surface area contributed by atoms with Crippen LogP contribution in [0.1, 0.15) is 11.5 Å². The Morgan fingerprint density at radius 1 is 1.07 bits per heavy atom. The number of nitrogens with one attached hydrogen (secondary N) is 1. The zero-order valence-corrected chi connectivity index (χ0v) is 16.2. The standard InChI is InChI=1S/C21H16N4O3S/c1-14-7-12-18(28-14)13-22-24-21-23-19(15-5-3-2-4-6-15)20(29-21)16-8-10-17(11-9-16)25(26)27/h2-13H,1H3,(H,23,24). The lowest BCUT2D eigenvalue weighted by Crippen LogP contribution is -1.89. The van der Waals surface area contributed by atoms with Crippen LogP contribution in [0.2, 0.25) is 0 Å². The van der Waals surface area contributed by atoms with Crippen molar-refractivity contribution in [2.24, 2.45) is 5.10 Å². The van der Waals surface area contributed by atoms with Crippen LogP contribution in [0.15, 0.2) is 76.2 Å². The van der Waals surface area contributed by atoms with Crippen LogP contribution in [0.3, 0.4) is 0 Å². The number of thiazole rings is 1. The van der Waals surface area contributed by atoms with Crippen molar-refractivity contribution in [1.82, 2.24) is 4.98 Å². The summed E-state index contributed by atoms with van der Waals surface area (Å²) < 4.78 is 5.46. The molecule has 0 aliphatic rings. The largest absolute Gasteiger partial charge is 0.460 e. The topological polar surface area (TPSA) is 93.6 Å². The quantitative estimate of drug-likeness (QED) is 0.251. The number of furan rings is 1. The van der Waals surface area contributed by atoms with Crippen LogP contribution in [0.4, 0.5) is 10.8 Å². The van der Waals surface area contributed by atoms with E-state index in [0.717, 1.165) is 27.5 Å². The molecule has 0 radical (unpaired) electrons. The van der Waals surface area contributed by atoms with Crippen molar-refractivity contribution >= 4 is 28.4 Å². The molecule has 2 aromatic carbocycles. The summed E-state index contributed by atoms with van der Waals surface area (Å²) in [5.41, 5.74) is 5.59. The molecule has 0 aliphatic heterocycles. The number of hydrazone groups is 1. The molecular weight excluding hydrogens is 388 g/mol. The molecule has 144 valence electrons. The molecule has 0 bridgehead atoms. The maximum Gasteiger partial charge on any atom is 0.269 e. The van der Waals surface area contributed by atoms with Crippen LogP contribution in [0.25, 0.3) is 21.7 Å². The first-order chi connectivity index (χ1) is 14.1. The second kappa shape index (κ2) is 8.07. The highest BCUT2D eigenvalue weighted by atomic mass is 32.1. The van der Waals surface area contributed by atoms with Gasteiger partial charge in [-0.05, 0) is 36.8 Å². The van der Waals surface area contributed by atoms with Gasteiger partial charge in [0.05, 0.1) is 21.7 Å². The van der Waals surface area contributed by atoms with Crippen molar-refractivity contribution < 1.29 is 9.34 Å². The van der Waals surface area contributed by atoms with Gasteiger partial charge in [0, 0.05) is 17.7 Å². The molecule has 8 heteroatoms. The average Bonchev–Trinajstić information content (AvgIpc) is 3.35. The van der Waals surface area contributed by atoms with Crippen molar-refractivity contribution in [3.63, 3.8) is 0 Å². The molecule has 7 nitrogen and oxygen atoms in total. The number of nitro groups is 1. The van der Waals surface area contributed by atoms with E-state index in [4.69, 9.17) is 4.42 Å². The Balaban J connectivity index is 1.67. The van der Waals surface area contributed by atoms with Crippen LogP contribution >= 0.6 is 11.3 Å². The maximum atomic E-state index is 10.9. The van der Waals surface area contributed by atoms with Crippen molar-refractivity contribution in [2.45, 2.75) is 6.92 Å². The molecule has 1 N–H and O–H groups in total. The molecular formula is C21H16N4O3S. The van der Waals surface area contributed by atoms with Gasteiger partial charge in [-0.3, -0.25) is 15.5 Å². The van der Waals surface area contributed by atoms with E-state index in [9.17, 15) is 10.1 Å². The van der Waals surface area contributed by atoms with E-state index in [-0.39, 0.29) is 5.69 Å². The third kappa shape index (κ3) is 4.22. The van der Waals surface area contributed by atoms with Crippen LogP contribution in [0, 0.1) is 17.0 Å². The van der Waals surface area contributed by atoms with Gasteiger partial charge in [0.2, 0.25) is 5.13 Å². The molecule has 29 heavy (non-hydrogen) atoms. The van der Waals surface area contributed by atoms with E-state index in [1.54, 1.807) is 18.3 Å². The van der Waals surface area contributed by atoms with Gasteiger partial charge in [-0.25, -0.2) is 4.98 Å². The fraction of sp³-hybridized carbons (Fsp3) is 0.0476. The predicted molar refractivity (Wildman–Crippen MR) is 114 cm³/mol. The Labute approximate surface area is 170 Å². The molecule has 0 spiro atoms. The van der Waals surface area contributed by atoms with Crippen LogP contribution in [-0.4, -0.2) is 16.1 Å². The second-order valence-corrected chi connectivity index (χ2v) is 7.18. The van der Waals surface area contributed by atoms with E-state index in [2.05, 4.69) is 15.5 Å². The van der Waals surface area contributed by atoms with Gasteiger partial charge in [-0.1, -0.05) is 41.7 Å². The van der Waals surface area contributed by atoms with E-state index < -0.39 is 4.92 Å². The van der Waals surface area contributed by atoms with Gasteiger partial charge in [0.15, 0.2) is 0 Å². The molecule has 2 aromatic heterocycles. The Bertz CT molecular complexity index is 1160. The van der Waals surface area contributed by atoms with Gasteiger partial charge in [-0.15, -0.1) is 0 Å². The monoisotopic (exact) mass is 404 g/mol. The van der Waals surface area contributed by atoms with Gasteiger partial charge in [0.1, 0.15) is 11.5 Å². The smallest absolute Gasteiger partial charge is 0.269 e. The minimum Gasteiger partial charge on any atom is -0.460 e. The van der Waals surface area contributed by atoms with Crippen molar-refractivity contribution in [3.05, 3.63) is 88.4 Å². The summed E-state index contributed by atoms with van der Waals surface area (Å²) in [5, 5.41) is 15.7. The first-order valence-corrected chi connectivity index (χ1v) is 9.58. The number of benzene rings is 2. The zero-order valence-electron chi connectivity index (χ0n) is 15.4. The average molecular weight is 404 g/mol. The summed E-state index contributed by atoms with van der Waals surface area (Å²) in [6.07, 6.45) is 1.59. The second-order valence-electron chi connectivity index (χ2n) is 6.19. The Morgan fingerprint density at radius 3 is 2.48 bits per heavy atom. The highest BCUT2D eigenvalue weighted by Gasteiger charge is 2.16. The SMILES string of the molecule is Cc1ccc(C=NNc2nc(-c3ccccc3)c(-c3ccc([N+](=O)[O-])cc3)s2)o1. The molecule has 4 rings (SSSR count). The molecule has 0 saturated carbocycles. The molecule has 0 amide bonds. The third-order valence-electron chi connectivity index (χ3n) is 4.13. The molecule has 0 aliphatic carbocycles. The number of rotatable bonds is 6. The van der Waals surface area contributed by atoms with Crippen molar-refractivity contribution in [3.8, 4) is 21.7 Å². The fourth-order valence-electron chi connectivity index (χ4n) is 2.76. The summed E-state index contributed by atoms with van der Waals surface area (Å²) in [5.74, 6) is 1.46. The van der Waals surface area contributed by atoms with E-state index in [1.807, 2.05) is 49.4 Å². The number of hydrogen-bond acceptors (Lipinski definition) is 7. The number of aromatic nitrogens is 1. The lowest BCUT2D eigenvalue weighted by Gasteiger charge is -2.02. The molecule has 0 unspecified atom stereocenters. The fourth-order valence-corrected chi connectivity index (χ4v) is 3.71. The van der Waals surface area contributed by atoms with Gasteiger partial charge in [-0.2, -0.15) is 5.10 Å². The Kier molecular flexibility index (Phi) is 5.17. The summed E-state index contributed by atoms with van der Waals surface area (Å²) >= 11 is 1.43. The first-order valence-electron chi connectivity index (χ1n) is 8.77. The third-order valence-corrected chi connectivity index (χ3v) is 5.14. The van der Waals surface area contributed by atoms with Crippen LogP contribution < -0.4 is 5.43 Å². The summed E-state index contributed by atoms with van der Waals surface area (Å²) in [7, 11) is 0. The normalized spacial score (nSPS) is 11.1. The molecule has 4 aromatic rings. The predicted octanol–water partition coefficient (Wildman–Crippen LogP) is 5.73. The van der Waals surface area contributed by atoms with Crippen LogP contribution in [-0.2, 0) is 0 Å². The lowest BCUT2D eigenvalue weighted by molar-refractivity contribution is -0.384. The van der Waals surface area contributed by atoms with E-state index in [1.165, 1.54) is 23.5 Å². The first kappa shape index (κ1) is 18.6. The molecule has 0 atom stereocenters. The summed E-state index contributed by atoms with van der Waals surface area (Å²) in [6.45, 7) is 1.87. The number of nitro benzene ring substituents is 1. The van der Waals surface area contributed by atoms with Gasteiger partial charge in [0.25, 0.3) is 5.69 Å². The van der Waals surface area contributed by atoms with Crippen LogP contribution in [0.5, 0.6) is 0 Å². The molecule has 0 saturated heterocycles. The number of non-ortho nitro benzene ring substituents is 1. The minimum absolute atomic E-state index is 0.0521. The van der Waals surface area contributed by atoms with Crippen molar-refractivity contribution in [2.75, 3.05) is 5.43 Å². The van der Waals surface area contributed by atoms with Gasteiger partial charge < -0.3 is 4.42 Å². The lowest BCUT2D eigenvalue weighted by atomic mass is 10.1. The highest BCUT2D eigenvalue weighted by molar-refractivity contribution is 7.19. The van der Waals surface area contributed by atoms with E-state index in [0.29, 0.717) is 10.9 Å². The Morgan fingerprint density at radius 2 is 1.83 bits per heavy atom. The maximum absolute atomic E-state index is 10.9. The number of aryl methyl sites for hydroxylation is 1. The molecule has 2 heterocycles. The number of nitrogens with zero attached hydrogens (tertiary/aromatic N) is 3. The summed E-state index contributed by atoms with van der Waals surface area (Å²) in [6, 6.07) is 19.9. The minimum atomic E-state index is -0.410. The molecule has 0 fully saturated rings. The number of anilines is 1. The Hall–Kier alpha value is -3.78. The van der Waals surface area contributed by atoms with E-state index >= 15 is 0 Å². The summed E-state index contributed by atoms with van der Waals surface area (Å²) in [4.78, 5) is 16.1. The van der Waals surface area contributed by atoms with Crippen molar-refractivity contribution in [1.29, 1.82) is 0 Å².